The topological polar surface area (TPSA) is 29.9 Å². The molecule has 0 aliphatic heterocycles. The van der Waals surface area contributed by atoms with Crippen molar-refractivity contribution in [1.29, 1.82) is 0 Å². The Morgan fingerprint density at radius 1 is 1.33 bits per heavy atom. The second-order valence-electron chi connectivity index (χ2n) is 4.37. The SMILES string of the molecule is COc1ccc(Br)cc1-n1c(=S)[nH]c2cc(Cl)c(F)cc21. The summed E-state index contributed by atoms with van der Waals surface area (Å²) >= 11 is 14.6. The van der Waals surface area contributed by atoms with Crippen molar-refractivity contribution in [3.05, 3.63) is 50.4 Å². The van der Waals surface area contributed by atoms with E-state index in [9.17, 15) is 4.39 Å². The highest BCUT2D eigenvalue weighted by Crippen LogP contribution is 2.31. The Balaban J connectivity index is 2.40. The van der Waals surface area contributed by atoms with Crippen LogP contribution in [0.5, 0.6) is 5.75 Å². The highest BCUT2D eigenvalue weighted by atomic mass is 79.9. The monoisotopic (exact) mass is 386 g/mol. The first-order chi connectivity index (χ1) is 10.0. The fourth-order valence-corrected chi connectivity index (χ4v) is 3.00. The highest BCUT2D eigenvalue weighted by molar-refractivity contribution is 9.10. The largest absolute Gasteiger partial charge is 0.495 e. The summed E-state index contributed by atoms with van der Waals surface area (Å²) in [6, 6.07) is 8.40. The van der Waals surface area contributed by atoms with E-state index in [0.717, 1.165) is 4.47 Å². The number of aromatic amines is 1. The molecule has 2 aromatic carbocycles. The van der Waals surface area contributed by atoms with E-state index >= 15 is 0 Å². The van der Waals surface area contributed by atoms with Crippen LogP contribution in [0, 0.1) is 10.6 Å². The van der Waals surface area contributed by atoms with Crippen molar-refractivity contribution in [2.45, 2.75) is 0 Å². The summed E-state index contributed by atoms with van der Waals surface area (Å²) in [6.45, 7) is 0. The normalized spacial score (nSPS) is 11.0. The number of imidazole rings is 1. The molecule has 0 aliphatic rings. The molecule has 0 atom stereocenters. The van der Waals surface area contributed by atoms with Crippen molar-refractivity contribution in [2.24, 2.45) is 0 Å². The van der Waals surface area contributed by atoms with Crippen LogP contribution in [-0.2, 0) is 0 Å². The zero-order valence-corrected chi connectivity index (χ0v) is 13.9. The lowest BCUT2D eigenvalue weighted by atomic mass is 10.2. The summed E-state index contributed by atoms with van der Waals surface area (Å²) in [6.07, 6.45) is 0. The summed E-state index contributed by atoms with van der Waals surface area (Å²) < 4.78 is 22.2. The number of nitrogens with zero attached hydrogens (tertiary/aromatic N) is 1. The molecule has 7 heteroatoms. The summed E-state index contributed by atoms with van der Waals surface area (Å²) in [4.78, 5) is 3.02. The Kier molecular flexibility index (Phi) is 3.77. The van der Waals surface area contributed by atoms with Crippen LogP contribution in [0.25, 0.3) is 16.7 Å². The molecular weight excluding hydrogens is 379 g/mol. The van der Waals surface area contributed by atoms with Crippen LogP contribution in [0.15, 0.2) is 34.8 Å². The number of halogens is 3. The molecule has 0 spiro atoms. The molecular formula is C14H9BrClFN2OS. The first-order valence-corrected chi connectivity index (χ1v) is 7.53. The van der Waals surface area contributed by atoms with Crippen molar-refractivity contribution in [3.8, 4) is 11.4 Å². The van der Waals surface area contributed by atoms with Gasteiger partial charge >= 0.3 is 0 Å². The zero-order chi connectivity index (χ0) is 15.1. The lowest BCUT2D eigenvalue weighted by Crippen LogP contribution is -1.98. The Hall–Kier alpha value is -1.37. The Morgan fingerprint density at radius 3 is 2.81 bits per heavy atom. The first-order valence-electron chi connectivity index (χ1n) is 5.95. The molecule has 0 unspecified atom stereocenters. The maximum absolute atomic E-state index is 13.8. The number of aromatic nitrogens is 2. The van der Waals surface area contributed by atoms with Gasteiger partial charge in [0.2, 0.25) is 0 Å². The van der Waals surface area contributed by atoms with E-state index in [-0.39, 0.29) is 5.02 Å². The third kappa shape index (κ3) is 2.47. The van der Waals surface area contributed by atoms with Gasteiger partial charge in [-0.1, -0.05) is 27.5 Å². The van der Waals surface area contributed by atoms with Gasteiger partial charge in [-0.2, -0.15) is 0 Å². The molecule has 1 heterocycles. The molecule has 3 rings (SSSR count). The summed E-state index contributed by atoms with van der Waals surface area (Å²) in [5.41, 5.74) is 1.97. The van der Waals surface area contributed by atoms with E-state index < -0.39 is 5.82 Å². The molecule has 3 aromatic rings. The van der Waals surface area contributed by atoms with Gasteiger partial charge in [-0.15, -0.1) is 0 Å². The standard InChI is InChI=1S/C14H9BrClFN2OS/c1-20-13-3-2-7(15)4-12(13)19-11-6-9(17)8(16)5-10(11)18-14(19)21/h2-6H,1H3,(H,18,21). The molecule has 0 amide bonds. The predicted octanol–water partition coefficient (Wildman–Crippen LogP) is 5.25. The molecule has 108 valence electrons. The van der Waals surface area contributed by atoms with Crippen LogP contribution >= 0.6 is 39.7 Å². The van der Waals surface area contributed by atoms with Crippen molar-refractivity contribution in [2.75, 3.05) is 7.11 Å². The van der Waals surface area contributed by atoms with Crippen molar-refractivity contribution >= 4 is 50.8 Å². The fraction of sp³-hybridized carbons (Fsp3) is 0.0714. The van der Waals surface area contributed by atoms with Crippen LogP contribution in [0.3, 0.4) is 0 Å². The number of nitrogens with one attached hydrogen (secondary N) is 1. The fourth-order valence-electron chi connectivity index (χ4n) is 2.18. The molecule has 0 aliphatic carbocycles. The Labute approximate surface area is 138 Å². The van der Waals surface area contributed by atoms with E-state index in [1.165, 1.54) is 12.1 Å². The minimum absolute atomic E-state index is 0.0482. The molecule has 1 N–H and O–H groups in total. The van der Waals surface area contributed by atoms with Gasteiger partial charge in [0.15, 0.2) is 4.77 Å². The van der Waals surface area contributed by atoms with Gasteiger partial charge in [0.05, 0.1) is 28.9 Å². The molecule has 21 heavy (non-hydrogen) atoms. The maximum Gasteiger partial charge on any atom is 0.182 e. The van der Waals surface area contributed by atoms with Gasteiger partial charge in [0, 0.05) is 10.5 Å². The molecule has 0 fully saturated rings. The molecule has 3 nitrogen and oxygen atoms in total. The number of rotatable bonds is 2. The predicted molar refractivity (Wildman–Crippen MR) is 87.7 cm³/mol. The molecule has 0 saturated heterocycles. The van der Waals surface area contributed by atoms with E-state index in [0.29, 0.717) is 27.2 Å². The molecule has 1 aromatic heterocycles. The second kappa shape index (κ2) is 5.44. The minimum Gasteiger partial charge on any atom is -0.495 e. The van der Waals surface area contributed by atoms with E-state index in [1.54, 1.807) is 11.7 Å². The van der Waals surface area contributed by atoms with Gasteiger partial charge in [-0.3, -0.25) is 4.57 Å². The Bertz CT molecular complexity index is 906. The third-order valence-electron chi connectivity index (χ3n) is 3.11. The first kappa shape index (κ1) is 14.6. The quantitative estimate of drug-likeness (QED) is 0.609. The summed E-state index contributed by atoms with van der Waals surface area (Å²) in [5.74, 6) is 0.131. The Morgan fingerprint density at radius 2 is 2.10 bits per heavy atom. The second-order valence-corrected chi connectivity index (χ2v) is 6.07. The molecule has 0 radical (unpaired) electrons. The molecule has 0 bridgehead atoms. The van der Waals surface area contributed by atoms with Gasteiger partial charge in [0.1, 0.15) is 11.6 Å². The van der Waals surface area contributed by atoms with Gasteiger partial charge in [-0.05, 0) is 36.5 Å². The maximum atomic E-state index is 13.8. The number of H-pyrrole nitrogens is 1. The lowest BCUT2D eigenvalue weighted by molar-refractivity contribution is 0.413. The van der Waals surface area contributed by atoms with Gasteiger partial charge in [-0.25, -0.2) is 4.39 Å². The van der Waals surface area contributed by atoms with Crippen molar-refractivity contribution in [1.82, 2.24) is 9.55 Å². The lowest BCUT2D eigenvalue weighted by Gasteiger charge is -2.11. The zero-order valence-electron chi connectivity index (χ0n) is 10.8. The third-order valence-corrected chi connectivity index (χ3v) is 4.17. The smallest absolute Gasteiger partial charge is 0.182 e. The van der Waals surface area contributed by atoms with Crippen LogP contribution in [0.1, 0.15) is 0 Å². The number of methoxy groups -OCH3 is 1. The summed E-state index contributed by atoms with van der Waals surface area (Å²) in [5, 5.41) is 0.0482. The van der Waals surface area contributed by atoms with E-state index in [1.807, 2.05) is 18.2 Å². The van der Waals surface area contributed by atoms with Gasteiger partial charge in [0.25, 0.3) is 0 Å². The van der Waals surface area contributed by atoms with E-state index in [2.05, 4.69) is 20.9 Å². The minimum atomic E-state index is -0.499. The van der Waals surface area contributed by atoms with Crippen molar-refractivity contribution in [3.63, 3.8) is 0 Å². The van der Waals surface area contributed by atoms with Crippen molar-refractivity contribution < 1.29 is 9.13 Å². The number of fused-ring (bicyclic) bond motifs is 1. The number of ether oxygens (including phenoxy) is 1. The van der Waals surface area contributed by atoms with Crippen LogP contribution in [0.4, 0.5) is 4.39 Å². The van der Waals surface area contributed by atoms with E-state index in [4.69, 9.17) is 28.6 Å². The average Bonchev–Trinajstić information content (AvgIpc) is 2.74. The van der Waals surface area contributed by atoms with Crippen LogP contribution in [0.2, 0.25) is 5.02 Å². The average molecular weight is 388 g/mol. The molecule has 0 saturated carbocycles. The van der Waals surface area contributed by atoms with Gasteiger partial charge < -0.3 is 9.72 Å². The summed E-state index contributed by atoms with van der Waals surface area (Å²) in [7, 11) is 1.57. The van der Waals surface area contributed by atoms with Crippen LogP contribution in [-0.4, -0.2) is 16.7 Å². The van der Waals surface area contributed by atoms with Crippen LogP contribution < -0.4 is 4.74 Å². The number of benzene rings is 2. The highest BCUT2D eigenvalue weighted by Gasteiger charge is 2.14. The number of hydrogen-bond acceptors (Lipinski definition) is 2. The number of hydrogen-bond donors (Lipinski definition) is 1.